The van der Waals surface area contributed by atoms with Crippen molar-refractivity contribution < 1.29 is 14.6 Å². The lowest BCUT2D eigenvalue weighted by molar-refractivity contribution is 0.176. The first kappa shape index (κ1) is 13.7. The van der Waals surface area contributed by atoms with Crippen molar-refractivity contribution in [1.82, 2.24) is 4.90 Å². The first-order chi connectivity index (χ1) is 9.10. The monoisotopic (exact) mass is 264 g/mol. The minimum absolute atomic E-state index is 0.163. The van der Waals surface area contributed by atoms with Crippen LogP contribution in [-0.2, 0) is 0 Å². The molecule has 104 valence electrons. The molecule has 2 amide bonds. The average molecular weight is 264 g/mol. The van der Waals surface area contributed by atoms with Gasteiger partial charge in [-0.3, -0.25) is 0 Å². The van der Waals surface area contributed by atoms with Gasteiger partial charge in [0.25, 0.3) is 0 Å². The number of aliphatic hydroxyl groups is 1. The fourth-order valence-electron chi connectivity index (χ4n) is 2.15. The lowest BCUT2D eigenvalue weighted by Gasteiger charge is -2.18. The zero-order valence-electron chi connectivity index (χ0n) is 11.3. The van der Waals surface area contributed by atoms with Crippen molar-refractivity contribution in [2.75, 3.05) is 25.0 Å². The van der Waals surface area contributed by atoms with Crippen LogP contribution in [0.5, 0.6) is 5.75 Å². The van der Waals surface area contributed by atoms with Crippen LogP contribution >= 0.6 is 0 Å². The summed E-state index contributed by atoms with van der Waals surface area (Å²) in [5.41, 5.74) is 1.73. The lowest BCUT2D eigenvalue weighted by atomic mass is 10.2. The molecule has 0 bridgehead atoms. The summed E-state index contributed by atoms with van der Waals surface area (Å²) in [7, 11) is 0. The van der Waals surface area contributed by atoms with Crippen LogP contribution in [0, 0.1) is 6.92 Å². The van der Waals surface area contributed by atoms with Crippen molar-refractivity contribution in [3.63, 3.8) is 0 Å². The molecule has 19 heavy (non-hydrogen) atoms. The third kappa shape index (κ3) is 3.38. The second-order valence-corrected chi connectivity index (χ2v) is 4.73. The average Bonchev–Trinajstić information content (AvgIpc) is 2.80. The van der Waals surface area contributed by atoms with Crippen LogP contribution in [0.1, 0.15) is 18.9 Å². The number of rotatable bonds is 3. The van der Waals surface area contributed by atoms with Gasteiger partial charge in [0.05, 0.1) is 12.7 Å². The number of amides is 2. The van der Waals surface area contributed by atoms with E-state index in [1.807, 2.05) is 32.0 Å². The number of hydrogen-bond acceptors (Lipinski definition) is 3. The molecule has 0 radical (unpaired) electrons. The Labute approximate surface area is 113 Å². The summed E-state index contributed by atoms with van der Waals surface area (Å²) >= 11 is 0. The van der Waals surface area contributed by atoms with Crippen LogP contribution in [0.3, 0.4) is 0 Å². The van der Waals surface area contributed by atoms with Gasteiger partial charge in [0.2, 0.25) is 0 Å². The summed E-state index contributed by atoms with van der Waals surface area (Å²) in [6.07, 6.45) is 0.252. The number of likely N-dealkylation sites (tertiary alicyclic amines) is 1. The summed E-state index contributed by atoms with van der Waals surface area (Å²) in [5.74, 6) is 0.801. The van der Waals surface area contributed by atoms with Crippen LogP contribution < -0.4 is 10.1 Å². The second-order valence-electron chi connectivity index (χ2n) is 4.73. The summed E-state index contributed by atoms with van der Waals surface area (Å²) < 4.78 is 5.40. The summed E-state index contributed by atoms with van der Waals surface area (Å²) in [4.78, 5) is 13.6. The Hall–Kier alpha value is -1.75. The zero-order valence-corrected chi connectivity index (χ0v) is 11.3. The Morgan fingerprint density at radius 1 is 1.58 bits per heavy atom. The van der Waals surface area contributed by atoms with Gasteiger partial charge in [-0.05, 0) is 44.0 Å². The molecule has 1 aliphatic heterocycles. The van der Waals surface area contributed by atoms with Gasteiger partial charge in [0.1, 0.15) is 5.75 Å². The third-order valence-electron chi connectivity index (χ3n) is 3.20. The number of β-amino-alcohol motifs (C(OH)–C–C–N with tert-alkyl or cyclic N) is 1. The van der Waals surface area contributed by atoms with Crippen LogP contribution in [0.25, 0.3) is 0 Å². The highest BCUT2D eigenvalue weighted by atomic mass is 16.5. The van der Waals surface area contributed by atoms with Crippen LogP contribution in [-0.4, -0.2) is 41.8 Å². The van der Waals surface area contributed by atoms with Gasteiger partial charge >= 0.3 is 6.03 Å². The third-order valence-corrected chi connectivity index (χ3v) is 3.20. The van der Waals surface area contributed by atoms with Crippen LogP contribution in [0.15, 0.2) is 18.2 Å². The highest BCUT2D eigenvalue weighted by Gasteiger charge is 2.24. The number of carbonyl (C=O) groups is 1. The van der Waals surface area contributed by atoms with Crippen molar-refractivity contribution in [2.45, 2.75) is 26.4 Å². The second kappa shape index (κ2) is 5.93. The Morgan fingerprint density at radius 3 is 2.95 bits per heavy atom. The van der Waals surface area contributed by atoms with E-state index in [0.717, 1.165) is 17.0 Å². The van der Waals surface area contributed by atoms with E-state index in [1.54, 1.807) is 4.90 Å². The summed E-state index contributed by atoms with van der Waals surface area (Å²) in [6, 6.07) is 5.41. The van der Waals surface area contributed by atoms with Crippen molar-refractivity contribution in [3.05, 3.63) is 23.8 Å². The number of nitrogens with zero attached hydrogens (tertiary/aromatic N) is 1. The van der Waals surface area contributed by atoms with Crippen LogP contribution in [0.4, 0.5) is 10.5 Å². The van der Waals surface area contributed by atoms with Gasteiger partial charge < -0.3 is 20.1 Å². The highest BCUT2D eigenvalue weighted by Crippen LogP contribution is 2.22. The van der Waals surface area contributed by atoms with E-state index in [1.165, 1.54) is 0 Å². The molecule has 0 unspecified atom stereocenters. The van der Waals surface area contributed by atoms with Gasteiger partial charge in [-0.25, -0.2) is 4.79 Å². The molecule has 0 spiro atoms. The molecule has 0 aromatic heterocycles. The molecule has 5 heteroatoms. The van der Waals surface area contributed by atoms with Gasteiger partial charge in [-0.15, -0.1) is 0 Å². The van der Waals surface area contributed by atoms with E-state index in [-0.39, 0.29) is 6.03 Å². The van der Waals surface area contributed by atoms with E-state index in [2.05, 4.69) is 5.32 Å². The standard InChI is InChI=1S/C14H20N2O3/c1-3-19-12-4-5-13(10(2)8-12)15-14(18)16-7-6-11(17)9-16/h4-5,8,11,17H,3,6-7,9H2,1-2H3,(H,15,18)/t11-/m1/s1. The molecule has 1 aromatic rings. The van der Waals surface area contributed by atoms with E-state index in [4.69, 9.17) is 4.74 Å². The lowest BCUT2D eigenvalue weighted by Crippen LogP contribution is -2.33. The number of aryl methyl sites for hydroxylation is 1. The topological polar surface area (TPSA) is 61.8 Å². The summed E-state index contributed by atoms with van der Waals surface area (Å²) in [6.45, 7) is 5.49. The Balaban J connectivity index is 2.00. The maximum Gasteiger partial charge on any atom is 0.321 e. The minimum atomic E-state index is -0.396. The Kier molecular flexibility index (Phi) is 4.27. The number of benzene rings is 1. The van der Waals surface area contributed by atoms with Crippen molar-refractivity contribution in [1.29, 1.82) is 0 Å². The molecular weight excluding hydrogens is 244 g/mol. The van der Waals surface area contributed by atoms with Crippen molar-refractivity contribution in [2.24, 2.45) is 0 Å². The maximum absolute atomic E-state index is 12.0. The SMILES string of the molecule is CCOc1ccc(NC(=O)N2CC[C@@H](O)C2)c(C)c1. The number of nitrogens with one attached hydrogen (secondary N) is 1. The quantitative estimate of drug-likeness (QED) is 0.877. The molecule has 1 saturated heterocycles. The molecule has 1 atom stereocenters. The number of carbonyl (C=O) groups excluding carboxylic acids is 1. The predicted octanol–water partition coefficient (Wildman–Crippen LogP) is 1.99. The number of aliphatic hydroxyl groups excluding tert-OH is 1. The van der Waals surface area contributed by atoms with E-state index in [0.29, 0.717) is 26.1 Å². The first-order valence-electron chi connectivity index (χ1n) is 6.57. The molecule has 1 heterocycles. The van der Waals surface area contributed by atoms with Crippen molar-refractivity contribution in [3.8, 4) is 5.75 Å². The zero-order chi connectivity index (χ0) is 13.8. The molecule has 5 nitrogen and oxygen atoms in total. The normalized spacial score (nSPS) is 18.5. The maximum atomic E-state index is 12.0. The number of urea groups is 1. The predicted molar refractivity (Wildman–Crippen MR) is 73.6 cm³/mol. The van der Waals surface area contributed by atoms with Crippen molar-refractivity contribution >= 4 is 11.7 Å². The fraction of sp³-hybridized carbons (Fsp3) is 0.500. The summed E-state index contributed by atoms with van der Waals surface area (Å²) in [5, 5.41) is 12.3. The van der Waals surface area contributed by atoms with E-state index < -0.39 is 6.10 Å². The number of ether oxygens (including phenoxy) is 1. The highest BCUT2D eigenvalue weighted by molar-refractivity contribution is 5.90. The van der Waals surface area contributed by atoms with Crippen LogP contribution in [0.2, 0.25) is 0 Å². The molecule has 1 fully saturated rings. The van der Waals surface area contributed by atoms with Gasteiger partial charge in [0.15, 0.2) is 0 Å². The smallest absolute Gasteiger partial charge is 0.321 e. The number of hydrogen-bond donors (Lipinski definition) is 2. The van der Waals surface area contributed by atoms with Gasteiger partial charge in [-0.2, -0.15) is 0 Å². The molecular formula is C14H20N2O3. The molecule has 2 N–H and O–H groups in total. The Bertz CT molecular complexity index is 462. The molecule has 2 rings (SSSR count). The largest absolute Gasteiger partial charge is 0.494 e. The molecule has 0 saturated carbocycles. The first-order valence-corrected chi connectivity index (χ1v) is 6.57. The molecule has 0 aliphatic carbocycles. The number of anilines is 1. The molecule has 1 aliphatic rings. The minimum Gasteiger partial charge on any atom is -0.494 e. The van der Waals surface area contributed by atoms with E-state index in [9.17, 15) is 9.90 Å². The van der Waals surface area contributed by atoms with Gasteiger partial charge in [0, 0.05) is 18.8 Å². The fourth-order valence-corrected chi connectivity index (χ4v) is 2.15. The van der Waals surface area contributed by atoms with Gasteiger partial charge in [-0.1, -0.05) is 0 Å². The Morgan fingerprint density at radius 2 is 2.37 bits per heavy atom. The molecule has 1 aromatic carbocycles. The van der Waals surface area contributed by atoms with E-state index >= 15 is 0 Å².